The van der Waals surface area contributed by atoms with Gasteiger partial charge in [0.1, 0.15) is 6.10 Å². The molecule has 1 saturated heterocycles. The Bertz CT molecular complexity index is 1620. The number of benzene rings is 3. The third kappa shape index (κ3) is 3.91. The van der Waals surface area contributed by atoms with E-state index in [-0.39, 0.29) is 23.7 Å². The molecule has 0 aromatic heterocycles. The molecule has 1 saturated carbocycles. The van der Waals surface area contributed by atoms with E-state index in [0.717, 1.165) is 41.8 Å². The zero-order valence-corrected chi connectivity index (χ0v) is 24.6. The fourth-order valence-corrected chi connectivity index (χ4v) is 8.37. The zero-order chi connectivity index (χ0) is 29.2. The second kappa shape index (κ2) is 9.90. The van der Waals surface area contributed by atoms with Crippen molar-refractivity contribution in [2.75, 3.05) is 20.1 Å². The van der Waals surface area contributed by atoms with Gasteiger partial charge in [0.15, 0.2) is 11.5 Å². The van der Waals surface area contributed by atoms with Gasteiger partial charge < -0.3 is 19.8 Å². The molecule has 2 aliphatic heterocycles. The maximum Gasteiger partial charge on any atom is 0.298 e. The third-order valence-electron chi connectivity index (χ3n) is 10.7. The molecule has 2 aliphatic carbocycles. The van der Waals surface area contributed by atoms with Gasteiger partial charge in [-0.15, -0.1) is 0 Å². The smallest absolute Gasteiger partial charge is 0.298 e. The van der Waals surface area contributed by atoms with Crippen LogP contribution in [0.15, 0.2) is 60.7 Å². The topological polar surface area (TPSA) is 73.2 Å². The first-order valence-corrected chi connectivity index (χ1v) is 15.1. The summed E-state index contributed by atoms with van der Waals surface area (Å²) >= 11 is 0. The monoisotopic (exact) mass is 562 g/mol. The van der Waals surface area contributed by atoms with Gasteiger partial charge in [-0.3, -0.25) is 9.69 Å². The van der Waals surface area contributed by atoms with Crippen LogP contribution < -0.4 is 4.74 Å². The van der Waals surface area contributed by atoms with Gasteiger partial charge in [0, 0.05) is 36.7 Å². The molecule has 2 N–H and O–H groups in total. The minimum absolute atomic E-state index is 0.0596. The molecule has 1 amide bonds. The van der Waals surface area contributed by atoms with Crippen LogP contribution in [0.3, 0.4) is 0 Å². The van der Waals surface area contributed by atoms with E-state index in [0.29, 0.717) is 31.4 Å². The van der Waals surface area contributed by atoms with Crippen LogP contribution in [0.2, 0.25) is 0 Å². The van der Waals surface area contributed by atoms with Crippen LogP contribution in [0, 0.1) is 25.7 Å². The molecule has 6 nitrogen and oxygen atoms in total. The van der Waals surface area contributed by atoms with Crippen molar-refractivity contribution in [2.45, 2.75) is 75.2 Å². The second-order valence-electron chi connectivity index (χ2n) is 12.7. The van der Waals surface area contributed by atoms with E-state index in [2.05, 4.69) is 47.9 Å². The summed E-state index contributed by atoms with van der Waals surface area (Å²) in [5.41, 5.74) is 4.81. The Morgan fingerprint density at radius 3 is 2.69 bits per heavy atom. The molecule has 3 aromatic rings. The fourth-order valence-electron chi connectivity index (χ4n) is 8.37. The average Bonchev–Trinajstić information content (AvgIpc) is 3.34. The van der Waals surface area contributed by atoms with Gasteiger partial charge in [-0.1, -0.05) is 48.4 Å². The predicted molar refractivity (Wildman–Crippen MR) is 162 cm³/mol. The summed E-state index contributed by atoms with van der Waals surface area (Å²) in [5, 5.41) is 23.7. The summed E-state index contributed by atoms with van der Waals surface area (Å²) in [6.45, 7) is 5.79. The van der Waals surface area contributed by atoms with E-state index >= 15 is 0 Å². The Labute approximate surface area is 247 Å². The first kappa shape index (κ1) is 27.1. The van der Waals surface area contributed by atoms with Crippen molar-refractivity contribution in [1.82, 2.24) is 9.80 Å². The summed E-state index contributed by atoms with van der Waals surface area (Å²) in [4.78, 5) is 17.6. The number of hydrogen-bond donors (Lipinski definition) is 2. The number of carbonyl (C=O) groups excluding carboxylic acids is 1. The van der Waals surface area contributed by atoms with E-state index in [4.69, 9.17) is 4.74 Å². The van der Waals surface area contributed by atoms with Gasteiger partial charge >= 0.3 is 0 Å². The number of phenolic OH excluding ortho intramolecular Hbond substituents is 1. The van der Waals surface area contributed by atoms with Gasteiger partial charge in [-0.05, 0) is 92.9 Å². The predicted octanol–water partition coefficient (Wildman–Crippen LogP) is 4.28. The first-order valence-electron chi connectivity index (χ1n) is 15.1. The normalized spacial score (nSPS) is 28.7. The number of piperidine rings is 1. The molecule has 1 spiro atoms. The lowest BCUT2D eigenvalue weighted by atomic mass is 9.48. The van der Waals surface area contributed by atoms with Gasteiger partial charge in [0.05, 0.1) is 17.1 Å². The molecular weight excluding hydrogens is 524 g/mol. The van der Waals surface area contributed by atoms with E-state index in [9.17, 15) is 15.0 Å². The molecule has 2 fully saturated rings. The number of aliphatic hydroxyl groups is 1. The number of nitrogens with zero attached hydrogens (tertiary/aromatic N) is 2. The van der Waals surface area contributed by atoms with Crippen molar-refractivity contribution in [3.8, 4) is 23.3 Å². The number of hydrogen-bond acceptors (Lipinski definition) is 5. The zero-order valence-electron chi connectivity index (χ0n) is 24.6. The first-order chi connectivity index (χ1) is 20.2. The van der Waals surface area contributed by atoms with Crippen LogP contribution in [0.25, 0.3) is 0 Å². The maximum atomic E-state index is 13.5. The molecule has 7 rings (SSSR count). The number of aromatic hydroxyl groups is 1. The molecule has 0 radical (unpaired) electrons. The van der Waals surface area contributed by atoms with Gasteiger partial charge in [0.25, 0.3) is 5.91 Å². The van der Waals surface area contributed by atoms with Gasteiger partial charge in [-0.2, -0.15) is 0 Å². The van der Waals surface area contributed by atoms with Gasteiger partial charge in [-0.25, -0.2) is 0 Å². The van der Waals surface area contributed by atoms with Crippen molar-refractivity contribution in [1.29, 1.82) is 0 Å². The van der Waals surface area contributed by atoms with Gasteiger partial charge in [0.2, 0.25) is 0 Å². The Morgan fingerprint density at radius 1 is 1.10 bits per heavy atom. The van der Waals surface area contributed by atoms with E-state index in [1.807, 2.05) is 37.3 Å². The van der Waals surface area contributed by atoms with Crippen LogP contribution >= 0.6 is 0 Å². The molecule has 216 valence electrons. The number of likely N-dealkylation sites (tertiary alicyclic amines) is 1. The Morgan fingerprint density at radius 2 is 1.90 bits per heavy atom. The molecule has 3 aromatic carbocycles. The summed E-state index contributed by atoms with van der Waals surface area (Å²) in [6, 6.07) is 19.9. The van der Waals surface area contributed by atoms with Crippen LogP contribution in [0.5, 0.6) is 11.5 Å². The molecule has 4 aliphatic rings. The second-order valence-corrected chi connectivity index (χ2v) is 12.7. The van der Waals surface area contributed by atoms with Crippen molar-refractivity contribution in [3.63, 3.8) is 0 Å². The number of ether oxygens (including phenoxy) is 1. The number of aryl methyl sites for hydroxylation is 2. The lowest BCUT2D eigenvalue weighted by Gasteiger charge is -2.64. The van der Waals surface area contributed by atoms with Crippen molar-refractivity contribution >= 4 is 5.91 Å². The number of phenols is 1. The maximum absolute atomic E-state index is 13.5. The molecule has 2 bridgehead atoms. The highest BCUT2D eigenvalue weighted by Gasteiger charge is 2.73. The van der Waals surface area contributed by atoms with E-state index in [1.165, 1.54) is 11.1 Å². The van der Waals surface area contributed by atoms with Crippen LogP contribution in [0.4, 0.5) is 0 Å². The highest BCUT2D eigenvalue weighted by Crippen LogP contribution is 2.65. The number of carbonyl (C=O) groups is 1. The molecule has 6 heteroatoms. The van der Waals surface area contributed by atoms with E-state index in [1.54, 1.807) is 18.0 Å². The fraction of sp³-hybridized carbons (Fsp3) is 0.417. The Hall–Kier alpha value is -3.79. The number of amides is 1. The van der Waals surface area contributed by atoms with Crippen molar-refractivity contribution in [3.05, 3.63) is 94.0 Å². The summed E-state index contributed by atoms with van der Waals surface area (Å²) < 4.78 is 6.64. The standard InChI is InChI=1S/C36H38N2O4/c1-23-9-10-26(21-24(23)2)11-14-31(40)37(3)28-15-17-36(41)30-22-27-12-13-29(39)33-32(27)35(36,34(28)42-33)18-20-38(30)19-16-25-7-5-4-6-8-25/h4-10,12-13,21,28,30,34,39,41H,15-20,22H2,1-3H3/t28-,30+,34-,35-,36+/m0/s1. The summed E-state index contributed by atoms with van der Waals surface area (Å²) in [6.07, 6.45) is 3.04. The highest BCUT2D eigenvalue weighted by atomic mass is 16.5. The number of rotatable bonds is 4. The largest absolute Gasteiger partial charge is 0.504 e. The molecule has 42 heavy (non-hydrogen) atoms. The molecule has 0 unspecified atom stereocenters. The third-order valence-corrected chi connectivity index (χ3v) is 10.7. The molecule has 5 atom stereocenters. The van der Waals surface area contributed by atoms with Crippen LogP contribution in [0.1, 0.15) is 52.6 Å². The van der Waals surface area contributed by atoms with Crippen molar-refractivity contribution < 1.29 is 19.7 Å². The highest BCUT2D eigenvalue weighted by molar-refractivity contribution is 5.94. The number of likely N-dealkylation sites (N-methyl/N-ethyl adjacent to an activating group) is 1. The van der Waals surface area contributed by atoms with Crippen LogP contribution in [-0.2, 0) is 23.1 Å². The molecule has 2 heterocycles. The SMILES string of the molecule is Cc1ccc(C#CC(=O)N(C)[C@H]2CC[C@@]3(O)[C@H]4Cc5ccc(O)c6c5[C@@]3(CCN4CCc3ccccc3)[C@H]2O6)cc1C. The van der Waals surface area contributed by atoms with Crippen molar-refractivity contribution in [2.24, 2.45) is 0 Å². The Kier molecular flexibility index (Phi) is 6.38. The lowest BCUT2D eigenvalue weighted by molar-refractivity contribution is -0.199. The summed E-state index contributed by atoms with van der Waals surface area (Å²) in [7, 11) is 1.80. The quantitative estimate of drug-likeness (QED) is 0.465. The molecular formula is C36H38N2O4. The van der Waals surface area contributed by atoms with Crippen LogP contribution in [-0.4, -0.2) is 69.8 Å². The Balaban J connectivity index is 1.21. The minimum atomic E-state index is -1.02. The average molecular weight is 563 g/mol. The minimum Gasteiger partial charge on any atom is -0.504 e. The summed E-state index contributed by atoms with van der Waals surface area (Å²) in [5.74, 6) is 6.23. The lowest BCUT2D eigenvalue weighted by Crippen LogP contribution is -2.78. The van der Waals surface area contributed by atoms with E-state index < -0.39 is 17.1 Å².